The molecule has 1 aromatic rings. The van der Waals surface area contributed by atoms with Crippen molar-refractivity contribution in [3.8, 4) is 0 Å². The molecule has 3 N–H and O–H groups in total. The lowest BCUT2D eigenvalue weighted by molar-refractivity contribution is -0.134. The van der Waals surface area contributed by atoms with E-state index in [4.69, 9.17) is 9.72 Å². The van der Waals surface area contributed by atoms with E-state index in [0.29, 0.717) is 6.54 Å². The molecular weight excluding hydrogens is 448 g/mol. The first-order valence-corrected chi connectivity index (χ1v) is 14.1. The van der Waals surface area contributed by atoms with Crippen LogP contribution in [0.2, 0.25) is 0 Å². The lowest BCUT2D eigenvalue weighted by Crippen LogP contribution is -2.53. The molecule has 6 atom stereocenters. The van der Waals surface area contributed by atoms with Crippen LogP contribution in [-0.2, 0) is 16.0 Å². The number of rotatable bonds is 9. The van der Waals surface area contributed by atoms with Gasteiger partial charge in [-0.1, -0.05) is 34.1 Å². The summed E-state index contributed by atoms with van der Waals surface area (Å²) in [7, 11) is 0. The molecule has 3 aliphatic rings. The molecule has 1 saturated carbocycles. The second-order valence-corrected chi connectivity index (χ2v) is 12.1. The average molecular weight is 493 g/mol. The van der Waals surface area contributed by atoms with E-state index in [-0.39, 0.29) is 35.0 Å². The largest absolute Gasteiger partial charge is 0.392 e. The minimum Gasteiger partial charge on any atom is -0.392 e. The van der Waals surface area contributed by atoms with Crippen molar-refractivity contribution in [1.82, 2.24) is 15.2 Å². The van der Waals surface area contributed by atoms with Crippen molar-refractivity contribution in [2.24, 2.45) is 23.2 Å². The van der Waals surface area contributed by atoms with Crippen LogP contribution in [0.25, 0.3) is 0 Å². The summed E-state index contributed by atoms with van der Waals surface area (Å²) < 4.78 is 5.40. The highest BCUT2D eigenvalue weighted by molar-refractivity contribution is 7.15. The van der Waals surface area contributed by atoms with Crippen molar-refractivity contribution < 1.29 is 14.6 Å². The Kier molecular flexibility index (Phi) is 8.54. The number of carbonyl (C=O) groups is 1. The van der Waals surface area contributed by atoms with E-state index in [2.05, 4.69) is 36.3 Å². The van der Waals surface area contributed by atoms with Crippen molar-refractivity contribution >= 4 is 22.4 Å². The highest BCUT2D eigenvalue weighted by Crippen LogP contribution is 2.57. The van der Waals surface area contributed by atoms with E-state index in [1.54, 1.807) is 11.3 Å². The Bertz CT molecular complexity index is 827. The lowest BCUT2D eigenvalue weighted by atomic mass is 9.53. The third-order valence-corrected chi connectivity index (χ3v) is 9.64. The smallest absolute Gasteiger partial charge is 0.223 e. The van der Waals surface area contributed by atoms with E-state index < -0.39 is 6.10 Å². The zero-order chi connectivity index (χ0) is 24.3. The predicted molar refractivity (Wildman–Crippen MR) is 137 cm³/mol. The number of anilines is 1. The fourth-order valence-electron chi connectivity index (χ4n) is 6.51. The Morgan fingerprint density at radius 1 is 1.35 bits per heavy atom. The number of unbranched alkanes of at least 4 members (excludes halogenated alkanes) is 1. The summed E-state index contributed by atoms with van der Waals surface area (Å²) in [5, 5.41) is 19.3. The molecule has 1 saturated heterocycles. The Morgan fingerprint density at radius 3 is 2.85 bits per heavy atom. The number of morpholine rings is 1. The summed E-state index contributed by atoms with van der Waals surface area (Å²) in [6, 6.07) is 0. The molecule has 1 amide bonds. The van der Waals surface area contributed by atoms with Crippen molar-refractivity contribution in [1.29, 1.82) is 0 Å². The number of aliphatic hydroxyl groups is 1. The van der Waals surface area contributed by atoms with Crippen LogP contribution in [0.5, 0.6) is 0 Å². The first kappa shape index (κ1) is 25.9. The number of fused-ring (bicyclic) bond motifs is 2. The summed E-state index contributed by atoms with van der Waals surface area (Å²) in [5.74, 6) is 0.195. The van der Waals surface area contributed by atoms with Gasteiger partial charge < -0.3 is 20.5 Å². The summed E-state index contributed by atoms with van der Waals surface area (Å²) >= 11 is 1.80. The van der Waals surface area contributed by atoms with Gasteiger partial charge in [0.1, 0.15) is 0 Å². The fourth-order valence-corrected chi connectivity index (χ4v) is 7.80. The Balaban J connectivity index is 1.38. The van der Waals surface area contributed by atoms with E-state index >= 15 is 0 Å². The first-order chi connectivity index (χ1) is 16.3. The molecule has 34 heavy (non-hydrogen) atoms. The van der Waals surface area contributed by atoms with Gasteiger partial charge in [-0.2, -0.15) is 0 Å². The van der Waals surface area contributed by atoms with Gasteiger partial charge in [-0.3, -0.25) is 9.69 Å². The van der Waals surface area contributed by atoms with Gasteiger partial charge in [0.15, 0.2) is 5.13 Å². The van der Waals surface area contributed by atoms with Crippen LogP contribution in [0, 0.1) is 23.2 Å². The summed E-state index contributed by atoms with van der Waals surface area (Å²) in [4.78, 5) is 21.7. The molecule has 0 bridgehead atoms. The summed E-state index contributed by atoms with van der Waals surface area (Å²) in [6.45, 7) is 14.6. The number of carbonyl (C=O) groups excluding carboxylic acids is 1. The standard InChI is InChI=1S/C26H44N4O3S/c1-5-6-9-28-25-29-22-18(3)21-23(31)19(7-8-26(21,4)16-20(22)34-25)17(2)24(32)27-10-11-30-12-14-33-15-13-30/h17-19,21,23,31H,5-16H2,1-4H3,(H,27,32)(H,28,29)/t17-,18-,19-,21+,23-,26-/m0/s1. The Labute approximate surface area is 209 Å². The van der Waals surface area contributed by atoms with Gasteiger partial charge in [-0.15, -0.1) is 11.3 Å². The Hall–Kier alpha value is -1.22. The average Bonchev–Trinajstić information content (AvgIpc) is 3.22. The molecule has 2 heterocycles. The molecular formula is C26H44N4O3S. The second kappa shape index (κ2) is 11.2. The van der Waals surface area contributed by atoms with E-state index in [1.807, 2.05) is 6.92 Å². The van der Waals surface area contributed by atoms with Gasteiger partial charge in [0.05, 0.1) is 25.0 Å². The molecule has 0 spiro atoms. The fraction of sp³-hybridized carbons (Fsp3) is 0.846. The van der Waals surface area contributed by atoms with Crippen molar-refractivity contribution in [2.75, 3.05) is 51.3 Å². The monoisotopic (exact) mass is 492 g/mol. The Morgan fingerprint density at radius 2 is 2.12 bits per heavy atom. The molecule has 8 heteroatoms. The molecule has 1 aromatic heterocycles. The number of ether oxygens (including phenoxy) is 1. The molecule has 4 rings (SSSR count). The molecule has 192 valence electrons. The van der Waals surface area contributed by atoms with E-state index in [1.165, 1.54) is 11.3 Å². The van der Waals surface area contributed by atoms with Crippen molar-refractivity contribution in [2.45, 2.75) is 71.8 Å². The molecule has 2 aliphatic carbocycles. The third kappa shape index (κ3) is 5.45. The highest BCUT2D eigenvalue weighted by atomic mass is 32.1. The normalized spacial score (nSPS) is 32.5. The topological polar surface area (TPSA) is 86.7 Å². The molecule has 7 nitrogen and oxygen atoms in total. The number of aromatic nitrogens is 1. The third-order valence-electron chi connectivity index (χ3n) is 8.62. The number of thiazole rings is 1. The quantitative estimate of drug-likeness (QED) is 0.458. The van der Waals surface area contributed by atoms with Gasteiger partial charge in [-0.25, -0.2) is 4.98 Å². The van der Waals surface area contributed by atoms with Crippen LogP contribution >= 0.6 is 11.3 Å². The minimum atomic E-state index is -0.486. The van der Waals surface area contributed by atoms with Crippen LogP contribution in [0.4, 0.5) is 5.13 Å². The van der Waals surface area contributed by atoms with Crippen molar-refractivity contribution in [3.05, 3.63) is 10.6 Å². The molecule has 0 unspecified atom stereocenters. The van der Waals surface area contributed by atoms with E-state index in [0.717, 1.165) is 75.9 Å². The number of nitrogens with one attached hydrogen (secondary N) is 2. The van der Waals surface area contributed by atoms with Crippen LogP contribution < -0.4 is 10.6 Å². The van der Waals surface area contributed by atoms with Crippen LogP contribution in [-0.4, -0.2) is 72.9 Å². The molecule has 0 radical (unpaired) electrons. The zero-order valence-corrected chi connectivity index (χ0v) is 22.3. The van der Waals surface area contributed by atoms with Crippen LogP contribution in [0.3, 0.4) is 0 Å². The number of hydrogen-bond donors (Lipinski definition) is 3. The SMILES string of the molecule is CCCCNc1nc2c(s1)C[C@]1(C)CC[C@@H]([C@H](C)C(=O)NCCN3CCOCC3)[C@H](O)[C@H]1[C@@H]2C. The molecule has 0 aromatic carbocycles. The minimum absolute atomic E-state index is 0.00810. The van der Waals surface area contributed by atoms with Crippen LogP contribution in [0.15, 0.2) is 0 Å². The number of amides is 1. The maximum absolute atomic E-state index is 13.0. The van der Waals surface area contributed by atoms with Gasteiger partial charge in [0.2, 0.25) is 5.91 Å². The first-order valence-electron chi connectivity index (χ1n) is 13.3. The molecule has 2 fully saturated rings. The number of nitrogens with zero attached hydrogens (tertiary/aromatic N) is 2. The second-order valence-electron chi connectivity index (χ2n) is 11.0. The maximum Gasteiger partial charge on any atom is 0.223 e. The van der Waals surface area contributed by atoms with Gasteiger partial charge in [-0.05, 0) is 42.9 Å². The highest BCUT2D eigenvalue weighted by Gasteiger charge is 2.53. The van der Waals surface area contributed by atoms with E-state index in [9.17, 15) is 9.90 Å². The van der Waals surface area contributed by atoms with Gasteiger partial charge in [0.25, 0.3) is 0 Å². The predicted octanol–water partition coefficient (Wildman–Crippen LogP) is 3.49. The lowest BCUT2D eigenvalue weighted by Gasteiger charge is -2.53. The van der Waals surface area contributed by atoms with Crippen LogP contribution in [0.1, 0.15) is 69.9 Å². The zero-order valence-electron chi connectivity index (χ0n) is 21.4. The number of hydrogen-bond acceptors (Lipinski definition) is 7. The summed E-state index contributed by atoms with van der Waals surface area (Å²) in [5.41, 5.74) is 1.22. The van der Waals surface area contributed by atoms with Crippen molar-refractivity contribution in [3.63, 3.8) is 0 Å². The molecule has 1 aliphatic heterocycles. The summed E-state index contributed by atoms with van der Waals surface area (Å²) in [6.07, 6.45) is 4.75. The van der Waals surface area contributed by atoms with Gasteiger partial charge >= 0.3 is 0 Å². The van der Waals surface area contributed by atoms with Gasteiger partial charge in [0, 0.05) is 49.4 Å². The number of aliphatic hydroxyl groups excluding tert-OH is 1. The maximum atomic E-state index is 13.0.